The molecule has 2 aliphatic carbocycles. The van der Waals surface area contributed by atoms with Crippen molar-refractivity contribution in [3.05, 3.63) is 0 Å². The third-order valence-corrected chi connectivity index (χ3v) is 4.42. The highest BCUT2D eigenvalue weighted by atomic mass is 32.1. The van der Waals surface area contributed by atoms with E-state index in [1.807, 2.05) is 0 Å². The van der Waals surface area contributed by atoms with Crippen LogP contribution < -0.4 is 16.4 Å². The first kappa shape index (κ1) is 14.2. The van der Waals surface area contributed by atoms with E-state index >= 15 is 0 Å². The largest absolute Gasteiger partial charge is 0.392 e. The zero-order chi connectivity index (χ0) is 14.0. The molecular formula is C13H21N3O2S. The molecule has 2 amide bonds. The monoisotopic (exact) mass is 283 g/mol. The summed E-state index contributed by atoms with van der Waals surface area (Å²) in [5, 5.41) is 5.63. The van der Waals surface area contributed by atoms with Crippen LogP contribution in [0.25, 0.3) is 0 Å². The molecular weight excluding hydrogens is 262 g/mol. The van der Waals surface area contributed by atoms with Crippen LogP contribution in [0.5, 0.6) is 0 Å². The van der Waals surface area contributed by atoms with Gasteiger partial charge in [-0.3, -0.25) is 9.59 Å². The molecule has 0 heterocycles. The lowest BCUT2D eigenvalue weighted by Crippen LogP contribution is -2.53. The summed E-state index contributed by atoms with van der Waals surface area (Å²) < 4.78 is 0. The Morgan fingerprint density at radius 3 is 2.37 bits per heavy atom. The number of carbonyl (C=O) groups is 2. The molecule has 106 valence electrons. The molecule has 5 nitrogen and oxygen atoms in total. The fourth-order valence-electron chi connectivity index (χ4n) is 2.52. The summed E-state index contributed by atoms with van der Waals surface area (Å²) in [5.41, 5.74) is 5.00. The zero-order valence-electron chi connectivity index (χ0n) is 11.2. The van der Waals surface area contributed by atoms with Crippen molar-refractivity contribution in [3.8, 4) is 0 Å². The Morgan fingerprint density at radius 2 is 1.89 bits per heavy atom. The molecule has 0 aromatic carbocycles. The number of hydrogen-bond donors (Lipinski definition) is 3. The second-order valence-corrected chi connectivity index (χ2v) is 6.07. The van der Waals surface area contributed by atoms with E-state index in [1.165, 1.54) is 0 Å². The highest BCUT2D eigenvalue weighted by molar-refractivity contribution is 7.80. The first-order chi connectivity index (χ1) is 8.95. The van der Waals surface area contributed by atoms with Crippen LogP contribution in [-0.2, 0) is 9.59 Å². The number of thiocarbonyl (C=S) groups is 1. The van der Waals surface area contributed by atoms with Crippen molar-refractivity contribution in [2.45, 2.75) is 57.5 Å². The van der Waals surface area contributed by atoms with Crippen LogP contribution in [0.2, 0.25) is 0 Å². The van der Waals surface area contributed by atoms with Crippen molar-refractivity contribution in [2.24, 2.45) is 11.1 Å². The van der Waals surface area contributed by atoms with Crippen LogP contribution in [0.1, 0.15) is 45.4 Å². The lowest BCUT2D eigenvalue weighted by molar-refractivity contribution is -0.132. The van der Waals surface area contributed by atoms with Crippen LogP contribution in [0.15, 0.2) is 0 Å². The highest BCUT2D eigenvalue weighted by Gasteiger charge is 2.44. The molecule has 2 fully saturated rings. The van der Waals surface area contributed by atoms with Crippen LogP contribution in [0.3, 0.4) is 0 Å². The van der Waals surface area contributed by atoms with Crippen molar-refractivity contribution in [1.82, 2.24) is 10.6 Å². The normalized spacial score (nSPS) is 22.6. The average molecular weight is 283 g/mol. The number of nitrogens with two attached hydrogens (primary N) is 1. The van der Waals surface area contributed by atoms with Crippen LogP contribution >= 0.6 is 12.2 Å². The molecule has 2 aliphatic rings. The zero-order valence-corrected chi connectivity index (χ0v) is 12.0. The standard InChI is InChI=1S/C13H21N3O2S/c1-8(10(17)16-9-4-5-9)15-12(18)13(11(14)19)6-2-3-7-13/h8-9H,2-7H2,1H3,(H2,14,19)(H,15,18)(H,16,17). The van der Waals surface area contributed by atoms with Gasteiger partial charge in [-0.2, -0.15) is 0 Å². The summed E-state index contributed by atoms with van der Waals surface area (Å²) in [5.74, 6) is -0.331. The minimum absolute atomic E-state index is 0.132. The smallest absolute Gasteiger partial charge is 0.242 e. The molecule has 0 radical (unpaired) electrons. The van der Waals surface area contributed by atoms with Crippen LogP contribution in [0.4, 0.5) is 0 Å². The molecule has 1 atom stereocenters. The Balaban J connectivity index is 1.94. The van der Waals surface area contributed by atoms with Gasteiger partial charge in [-0.15, -0.1) is 0 Å². The Bertz CT molecular complexity index is 401. The molecule has 2 rings (SSSR count). The van der Waals surface area contributed by atoms with Crippen molar-refractivity contribution in [1.29, 1.82) is 0 Å². The fraction of sp³-hybridized carbons (Fsp3) is 0.769. The predicted molar refractivity (Wildman–Crippen MR) is 76.5 cm³/mol. The number of rotatable bonds is 5. The highest BCUT2D eigenvalue weighted by Crippen LogP contribution is 2.38. The maximum atomic E-state index is 12.4. The van der Waals surface area contributed by atoms with Gasteiger partial charge in [0.2, 0.25) is 11.8 Å². The van der Waals surface area contributed by atoms with Gasteiger partial charge in [-0.05, 0) is 32.6 Å². The average Bonchev–Trinajstić information content (AvgIpc) is 3.01. The maximum absolute atomic E-state index is 12.4. The van der Waals surface area contributed by atoms with Gasteiger partial charge in [-0.1, -0.05) is 25.1 Å². The fourth-order valence-corrected chi connectivity index (χ4v) is 2.81. The molecule has 2 saturated carbocycles. The first-order valence-corrected chi connectivity index (χ1v) is 7.28. The summed E-state index contributed by atoms with van der Waals surface area (Å²) in [6, 6.07) is -0.247. The van der Waals surface area contributed by atoms with E-state index in [2.05, 4.69) is 10.6 Å². The molecule has 1 unspecified atom stereocenters. The molecule has 6 heteroatoms. The van der Waals surface area contributed by atoms with Gasteiger partial charge in [0.15, 0.2) is 0 Å². The van der Waals surface area contributed by atoms with Gasteiger partial charge in [0, 0.05) is 6.04 Å². The Hall–Kier alpha value is -1.17. The molecule has 0 saturated heterocycles. The summed E-state index contributed by atoms with van der Waals surface area (Å²) >= 11 is 5.06. The molecule has 0 aromatic rings. The molecule has 0 spiro atoms. The third-order valence-electron chi connectivity index (χ3n) is 4.03. The Labute approximate surface area is 118 Å². The van der Waals surface area contributed by atoms with E-state index in [0.29, 0.717) is 18.9 Å². The second-order valence-electron chi connectivity index (χ2n) is 5.63. The Kier molecular flexibility index (Phi) is 4.08. The topological polar surface area (TPSA) is 84.2 Å². The van der Waals surface area contributed by atoms with E-state index in [9.17, 15) is 9.59 Å². The minimum Gasteiger partial charge on any atom is -0.392 e. The summed E-state index contributed by atoms with van der Waals surface area (Å²) in [4.78, 5) is 24.4. The quantitative estimate of drug-likeness (QED) is 0.646. The van der Waals surface area contributed by atoms with E-state index in [0.717, 1.165) is 25.7 Å². The van der Waals surface area contributed by atoms with Gasteiger partial charge >= 0.3 is 0 Å². The van der Waals surface area contributed by atoms with Crippen molar-refractivity contribution in [2.75, 3.05) is 0 Å². The van der Waals surface area contributed by atoms with E-state index < -0.39 is 11.5 Å². The SMILES string of the molecule is CC(NC(=O)C1(C(N)=S)CCCC1)C(=O)NC1CC1. The number of amides is 2. The van der Waals surface area contributed by atoms with Crippen molar-refractivity contribution in [3.63, 3.8) is 0 Å². The van der Waals surface area contributed by atoms with Gasteiger partial charge in [0.1, 0.15) is 6.04 Å². The Morgan fingerprint density at radius 1 is 1.32 bits per heavy atom. The van der Waals surface area contributed by atoms with Gasteiger partial charge in [0.05, 0.1) is 10.4 Å². The second kappa shape index (κ2) is 5.45. The summed E-state index contributed by atoms with van der Waals surface area (Å²) in [6.45, 7) is 1.69. The van der Waals surface area contributed by atoms with Crippen LogP contribution in [-0.4, -0.2) is 28.9 Å². The molecule has 4 N–H and O–H groups in total. The van der Waals surface area contributed by atoms with E-state index in [-0.39, 0.29) is 16.8 Å². The van der Waals surface area contributed by atoms with Crippen molar-refractivity contribution < 1.29 is 9.59 Å². The van der Waals surface area contributed by atoms with E-state index in [1.54, 1.807) is 6.92 Å². The van der Waals surface area contributed by atoms with Gasteiger partial charge < -0.3 is 16.4 Å². The molecule has 0 aliphatic heterocycles. The molecule has 0 bridgehead atoms. The molecule has 19 heavy (non-hydrogen) atoms. The minimum atomic E-state index is -0.747. The lowest BCUT2D eigenvalue weighted by Gasteiger charge is -2.28. The van der Waals surface area contributed by atoms with Crippen LogP contribution in [0, 0.1) is 5.41 Å². The van der Waals surface area contributed by atoms with E-state index in [4.69, 9.17) is 18.0 Å². The third kappa shape index (κ3) is 3.05. The first-order valence-electron chi connectivity index (χ1n) is 6.87. The van der Waals surface area contributed by atoms with Crippen molar-refractivity contribution >= 4 is 29.0 Å². The summed E-state index contributed by atoms with van der Waals surface area (Å²) in [7, 11) is 0. The number of nitrogens with one attached hydrogen (secondary N) is 2. The summed E-state index contributed by atoms with van der Waals surface area (Å²) in [6.07, 6.45) is 5.34. The molecule has 0 aromatic heterocycles. The number of carbonyl (C=O) groups excluding carboxylic acids is 2. The van der Waals surface area contributed by atoms with Gasteiger partial charge in [-0.25, -0.2) is 0 Å². The van der Waals surface area contributed by atoms with Gasteiger partial charge in [0.25, 0.3) is 0 Å². The number of hydrogen-bond acceptors (Lipinski definition) is 3. The maximum Gasteiger partial charge on any atom is 0.242 e. The lowest BCUT2D eigenvalue weighted by atomic mass is 9.85. The predicted octanol–water partition coefficient (Wildman–Crippen LogP) is 0.616.